The van der Waals surface area contributed by atoms with Gasteiger partial charge in [-0.05, 0) is 30.1 Å². The predicted molar refractivity (Wildman–Crippen MR) is 47.8 cm³/mol. The van der Waals surface area contributed by atoms with E-state index in [0.717, 1.165) is 21.2 Å². The minimum atomic E-state index is 0.784. The van der Waals surface area contributed by atoms with Gasteiger partial charge in [-0.3, -0.25) is 0 Å². The Hall–Kier alpha value is 0.730. The van der Waals surface area contributed by atoms with E-state index in [4.69, 9.17) is 0 Å². The predicted octanol–water partition coefficient (Wildman–Crippen LogP) is 2.86. The molecule has 0 N–H and O–H groups in total. The van der Waals surface area contributed by atoms with Crippen LogP contribution in [-0.4, -0.2) is 3.92 Å². The topological polar surface area (TPSA) is 0 Å². The zero-order chi connectivity index (χ0) is 6.65. The van der Waals surface area contributed by atoms with Crippen molar-refractivity contribution in [2.45, 2.75) is 30.6 Å². The summed E-state index contributed by atoms with van der Waals surface area (Å²) in [5.74, 6) is 2.09. The summed E-state index contributed by atoms with van der Waals surface area (Å²) in [6.07, 6.45) is 3.02. The molecule has 1 heteroatoms. The van der Waals surface area contributed by atoms with E-state index in [0.29, 0.717) is 0 Å². The van der Waals surface area contributed by atoms with E-state index in [1.165, 1.54) is 12.8 Å². The maximum Gasteiger partial charge on any atom is 0.0143 e. The van der Waals surface area contributed by atoms with E-state index in [9.17, 15) is 0 Å². The lowest BCUT2D eigenvalue weighted by Crippen LogP contribution is -2.12. The molecule has 52 valence electrons. The Morgan fingerprint density at radius 2 is 2.22 bits per heavy atom. The number of fused-ring (bicyclic) bond motifs is 1. The fourth-order valence-electron chi connectivity index (χ4n) is 2.27. The van der Waals surface area contributed by atoms with Crippen molar-refractivity contribution in [3.05, 3.63) is 0 Å². The Morgan fingerprint density at radius 3 is 2.44 bits per heavy atom. The Morgan fingerprint density at radius 1 is 1.56 bits per heavy atom. The van der Waals surface area contributed by atoms with Crippen molar-refractivity contribution in [3.63, 3.8) is 0 Å². The van der Waals surface area contributed by atoms with Crippen LogP contribution in [0.25, 0.3) is 0 Å². The zero-order valence-electron chi connectivity index (χ0n) is 6.02. The van der Waals surface area contributed by atoms with E-state index in [1.807, 2.05) is 0 Å². The van der Waals surface area contributed by atoms with Gasteiger partial charge in [0.1, 0.15) is 0 Å². The Labute approximate surface area is 70.5 Å². The van der Waals surface area contributed by atoms with Gasteiger partial charge in [0.2, 0.25) is 0 Å². The van der Waals surface area contributed by atoms with Crippen molar-refractivity contribution in [1.29, 1.82) is 0 Å². The van der Waals surface area contributed by atoms with Gasteiger partial charge in [0.15, 0.2) is 0 Å². The monoisotopic (exact) mass is 236 g/mol. The fourth-order valence-corrected chi connectivity index (χ4v) is 3.71. The van der Waals surface area contributed by atoms with Crippen LogP contribution in [-0.2, 0) is 0 Å². The molecule has 0 saturated heterocycles. The summed E-state index contributed by atoms with van der Waals surface area (Å²) in [5, 5.41) is 0. The van der Waals surface area contributed by atoms with Crippen molar-refractivity contribution >= 4 is 22.6 Å². The number of halogens is 1. The van der Waals surface area contributed by atoms with E-state index in [2.05, 4.69) is 36.4 Å². The SMILES string of the molecule is CC1C(I)CC2CC21C. The third kappa shape index (κ3) is 0.702. The molecule has 0 aromatic rings. The van der Waals surface area contributed by atoms with Gasteiger partial charge in [-0.2, -0.15) is 0 Å². The standard InChI is InChI=1S/C8H13I/c1-5-7(9)3-6-4-8(5,6)2/h5-7H,3-4H2,1-2H3. The van der Waals surface area contributed by atoms with Crippen LogP contribution >= 0.6 is 22.6 Å². The van der Waals surface area contributed by atoms with E-state index >= 15 is 0 Å². The molecule has 0 aromatic heterocycles. The van der Waals surface area contributed by atoms with Gasteiger partial charge in [-0.15, -0.1) is 0 Å². The molecule has 0 radical (unpaired) electrons. The minimum Gasteiger partial charge on any atom is -0.0823 e. The summed E-state index contributed by atoms with van der Waals surface area (Å²) in [5.41, 5.74) is 0.784. The zero-order valence-corrected chi connectivity index (χ0v) is 8.18. The second-order valence-electron chi connectivity index (χ2n) is 3.95. The maximum atomic E-state index is 2.61. The highest BCUT2D eigenvalue weighted by Gasteiger charge is 2.60. The first-order valence-electron chi connectivity index (χ1n) is 3.78. The van der Waals surface area contributed by atoms with Crippen LogP contribution in [0.2, 0.25) is 0 Å². The van der Waals surface area contributed by atoms with Crippen LogP contribution in [0.1, 0.15) is 26.7 Å². The number of alkyl halides is 1. The van der Waals surface area contributed by atoms with Crippen LogP contribution in [0.5, 0.6) is 0 Å². The largest absolute Gasteiger partial charge is 0.0823 e. The van der Waals surface area contributed by atoms with Crippen molar-refractivity contribution in [1.82, 2.24) is 0 Å². The van der Waals surface area contributed by atoms with Gasteiger partial charge < -0.3 is 0 Å². The highest BCUT2D eigenvalue weighted by Crippen LogP contribution is 2.67. The summed E-state index contributed by atoms with van der Waals surface area (Å²) in [6, 6.07) is 0. The molecule has 0 amide bonds. The van der Waals surface area contributed by atoms with Crippen LogP contribution in [0, 0.1) is 17.3 Å². The molecule has 2 fully saturated rings. The molecule has 2 saturated carbocycles. The van der Waals surface area contributed by atoms with Gasteiger partial charge in [0, 0.05) is 3.92 Å². The molecule has 0 bridgehead atoms. The summed E-state index contributed by atoms with van der Waals surface area (Å²) in [4.78, 5) is 0. The highest BCUT2D eigenvalue weighted by atomic mass is 127. The lowest BCUT2D eigenvalue weighted by molar-refractivity contribution is 0.402. The Kier molecular flexibility index (Phi) is 1.19. The molecule has 0 aromatic carbocycles. The molecule has 2 aliphatic rings. The lowest BCUT2D eigenvalue weighted by atomic mass is 9.95. The highest BCUT2D eigenvalue weighted by molar-refractivity contribution is 14.1. The summed E-state index contributed by atoms with van der Waals surface area (Å²) in [6.45, 7) is 4.88. The molecule has 0 heterocycles. The number of rotatable bonds is 0. The first-order valence-corrected chi connectivity index (χ1v) is 5.03. The van der Waals surface area contributed by atoms with Crippen LogP contribution < -0.4 is 0 Å². The average molecular weight is 236 g/mol. The first kappa shape index (κ1) is 6.44. The molecular weight excluding hydrogens is 223 g/mol. The molecule has 0 aliphatic heterocycles. The quantitative estimate of drug-likeness (QED) is 0.448. The van der Waals surface area contributed by atoms with Gasteiger partial charge in [0.05, 0.1) is 0 Å². The molecule has 0 spiro atoms. The minimum absolute atomic E-state index is 0.784. The first-order chi connectivity index (χ1) is 4.14. The molecule has 9 heavy (non-hydrogen) atoms. The summed E-state index contributed by atoms with van der Waals surface area (Å²) >= 11 is 2.61. The van der Waals surface area contributed by atoms with Gasteiger partial charge in [-0.1, -0.05) is 36.4 Å². The molecule has 0 nitrogen and oxygen atoms in total. The van der Waals surface area contributed by atoms with Crippen LogP contribution in [0.3, 0.4) is 0 Å². The third-order valence-corrected chi connectivity index (χ3v) is 5.14. The van der Waals surface area contributed by atoms with E-state index < -0.39 is 0 Å². The molecule has 2 aliphatic carbocycles. The number of hydrogen-bond donors (Lipinski definition) is 0. The van der Waals surface area contributed by atoms with Gasteiger partial charge >= 0.3 is 0 Å². The Balaban J connectivity index is 2.18. The van der Waals surface area contributed by atoms with Crippen molar-refractivity contribution in [2.75, 3.05) is 0 Å². The van der Waals surface area contributed by atoms with Crippen molar-refractivity contribution < 1.29 is 0 Å². The second kappa shape index (κ2) is 1.66. The van der Waals surface area contributed by atoms with E-state index in [-0.39, 0.29) is 0 Å². The molecular formula is C8H13I. The fraction of sp³-hybridized carbons (Fsp3) is 1.00. The average Bonchev–Trinajstić information content (AvgIpc) is 2.36. The van der Waals surface area contributed by atoms with Crippen molar-refractivity contribution in [3.8, 4) is 0 Å². The Bertz CT molecular complexity index is 144. The summed E-state index contributed by atoms with van der Waals surface area (Å²) < 4.78 is 0.978. The second-order valence-corrected chi connectivity index (χ2v) is 5.55. The normalized spacial score (nSPS) is 63.7. The van der Waals surface area contributed by atoms with Crippen LogP contribution in [0.4, 0.5) is 0 Å². The van der Waals surface area contributed by atoms with Gasteiger partial charge in [-0.25, -0.2) is 0 Å². The van der Waals surface area contributed by atoms with Crippen LogP contribution in [0.15, 0.2) is 0 Å². The molecule has 2 rings (SSSR count). The van der Waals surface area contributed by atoms with Crippen molar-refractivity contribution in [2.24, 2.45) is 17.3 Å². The van der Waals surface area contributed by atoms with E-state index in [1.54, 1.807) is 0 Å². The maximum absolute atomic E-state index is 2.61. The number of hydrogen-bond acceptors (Lipinski definition) is 0. The lowest BCUT2D eigenvalue weighted by Gasteiger charge is -2.16. The third-order valence-electron chi connectivity index (χ3n) is 3.55. The molecule has 4 atom stereocenters. The molecule has 4 unspecified atom stereocenters. The van der Waals surface area contributed by atoms with Gasteiger partial charge in [0.25, 0.3) is 0 Å². The smallest absolute Gasteiger partial charge is 0.0143 e. The summed E-state index contributed by atoms with van der Waals surface area (Å²) in [7, 11) is 0.